The highest BCUT2D eigenvalue weighted by Crippen LogP contribution is 2.45. The molecule has 0 aliphatic carbocycles. The molecule has 9 aromatic carbocycles. The minimum Gasteiger partial charge on any atom is -0.456 e. The third-order valence-corrected chi connectivity index (χ3v) is 12.4. The topological polar surface area (TPSA) is 61.7 Å². The smallest absolute Gasteiger partial charge is 0.164 e. The van der Waals surface area contributed by atoms with Gasteiger partial charge < -0.3 is 13.6 Å². The van der Waals surface area contributed by atoms with Gasteiger partial charge in [0.25, 0.3) is 0 Å². The van der Waals surface area contributed by atoms with Gasteiger partial charge >= 0.3 is 0 Å². The molecule has 4 heterocycles. The molecule has 0 bridgehead atoms. The number of furan rings is 1. The molecule has 0 saturated heterocycles. The molecule has 294 valence electrons. The first-order chi connectivity index (χ1) is 31.2. The minimum absolute atomic E-state index is 0.596. The fourth-order valence-corrected chi connectivity index (χ4v) is 9.53. The molecular weight excluding hydrogens is 771 g/mol. The first kappa shape index (κ1) is 35.2. The molecule has 0 aliphatic heterocycles. The average molecular weight is 806 g/mol. The van der Waals surface area contributed by atoms with Gasteiger partial charge in [-0.1, -0.05) is 146 Å². The third kappa shape index (κ3) is 5.55. The number of benzene rings is 9. The molecule has 13 rings (SSSR count). The van der Waals surface area contributed by atoms with E-state index in [2.05, 4.69) is 155 Å². The summed E-state index contributed by atoms with van der Waals surface area (Å²) >= 11 is 0. The number of aromatic nitrogens is 5. The van der Waals surface area contributed by atoms with Crippen LogP contribution in [-0.2, 0) is 0 Å². The third-order valence-electron chi connectivity index (χ3n) is 12.4. The Balaban J connectivity index is 1.10. The first-order valence-corrected chi connectivity index (χ1v) is 21.2. The summed E-state index contributed by atoms with van der Waals surface area (Å²) in [4.78, 5) is 15.1. The van der Waals surface area contributed by atoms with E-state index in [0.717, 1.165) is 82.8 Å². The van der Waals surface area contributed by atoms with E-state index in [1.807, 2.05) is 66.7 Å². The Morgan fingerprint density at radius 3 is 1.57 bits per heavy atom. The minimum atomic E-state index is 0.596. The molecule has 0 spiro atoms. The Morgan fingerprint density at radius 2 is 0.857 bits per heavy atom. The number of hydrogen-bond donors (Lipinski definition) is 0. The van der Waals surface area contributed by atoms with Crippen molar-refractivity contribution < 1.29 is 4.42 Å². The molecule has 4 aromatic heterocycles. The van der Waals surface area contributed by atoms with Crippen molar-refractivity contribution in [3.05, 3.63) is 212 Å². The highest BCUT2D eigenvalue weighted by Gasteiger charge is 2.24. The Kier molecular flexibility index (Phi) is 7.80. The summed E-state index contributed by atoms with van der Waals surface area (Å²) in [5.74, 6) is 1.84. The van der Waals surface area contributed by atoms with Gasteiger partial charge in [-0.25, -0.2) is 15.0 Å². The maximum atomic E-state index is 6.72. The molecule has 0 saturated carbocycles. The van der Waals surface area contributed by atoms with Crippen LogP contribution < -0.4 is 0 Å². The first-order valence-electron chi connectivity index (χ1n) is 21.2. The van der Waals surface area contributed by atoms with Crippen LogP contribution in [0.3, 0.4) is 0 Å². The van der Waals surface area contributed by atoms with Gasteiger partial charge in [-0.3, -0.25) is 0 Å². The van der Waals surface area contributed by atoms with Crippen molar-refractivity contribution in [2.75, 3.05) is 0 Å². The molecule has 13 aromatic rings. The lowest BCUT2D eigenvalue weighted by molar-refractivity contribution is 0.669. The lowest BCUT2D eigenvalue weighted by Gasteiger charge is -2.14. The summed E-state index contributed by atoms with van der Waals surface area (Å²) in [6.07, 6.45) is 0. The Hall–Kier alpha value is -8.61. The van der Waals surface area contributed by atoms with Crippen LogP contribution in [0.25, 0.3) is 122 Å². The van der Waals surface area contributed by atoms with Crippen molar-refractivity contribution in [2.45, 2.75) is 0 Å². The standard InChI is InChI=1S/C57H35N5O/c1-5-16-36(17-6-1)39-28-31-48-45(34-39)42-24-13-14-26-47(42)62(48)49-27-15-25-43-44-30-33-51-52(54(44)61(53(43)49)41-22-11-4-12-23-41)46-35-40(29-32-50(46)63-51)57-59-55(37-18-7-2-8-19-37)58-56(60-57)38-20-9-3-10-21-38/h1-35H. The highest BCUT2D eigenvalue weighted by atomic mass is 16.3. The van der Waals surface area contributed by atoms with Crippen LogP contribution >= 0.6 is 0 Å². The predicted molar refractivity (Wildman–Crippen MR) is 258 cm³/mol. The average Bonchev–Trinajstić information content (AvgIpc) is 4.02. The zero-order chi connectivity index (χ0) is 41.4. The molecular formula is C57H35N5O. The zero-order valence-electron chi connectivity index (χ0n) is 33.9. The number of rotatable bonds is 6. The molecule has 63 heavy (non-hydrogen) atoms. The number of nitrogens with zero attached hydrogens (tertiary/aromatic N) is 5. The van der Waals surface area contributed by atoms with Crippen LogP contribution in [0.5, 0.6) is 0 Å². The molecule has 0 fully saturated rings. The summed E-state index contributed by atoms with van der Waals surface area (Å²) in [7, 11) is 0. The maximum Gasteiger partial charge on any atom is 0.164 e. The van der Waals surface area contributed by atoms with Crippen molar-refractivity contribution in [2.24, 2.45) is 0 Å². The Bertz CT molecular complexity index is 3830. The van der Waals surface area contributed by atoms with Crippen LogP contribution in [0.15, 0.2) is 217 Å². The van der Waals surface area contributed by atoms with Crippen molar-refractivity contribution in [1.29, 1.82) is 0 Å². The van der Waals surface area contributed by atoms with Crippen molar-refractivity contribution in [1.82, 2.24) is 24.1 Å². The summed E-state index contributed by atoms with van der Waals surface area (Å²) in [6, 6.07) is 74.5. The maximum absolute atomic E-state index is 6.72. The van der Waals surface area contributed by atoms with E-state index in [4.69, 9.17) is 19.4 Å². The second-order valence-electron chi connectivity index (χ2n) is 16.0. The second-order valence-corrected chi connectivity index (χ2v) is 16.0. The van der Waals surface area contributed by atoms with Crippen molar-refractivity contribution in [3.63, 3.8) is 0 Å². The van der Waals surface area contributed by atoms with Gasteiger partial charge in [0, 0.05) is 49.3 Å². The van der Waals surface area contributed by atoms with Gasteiger partial charge in [-0.05, 0) is 77.9 Å². The fraction of sp³-hybridized carbons (Fsp3) is 0. The van der Waals surface area contributed by atoms with E-state index in [1.54, 1.807) is 0 Å². The molecule has 0 atom stereocenters. The van der Waals surface area contributed by atoms with Crippen LogP contribution in [-0.4, -0.2) is 24.1 Å². The summed E-state index contributed by atoms with van der Waals surface area (Å²) in [5.41, 5.74) is 13.4. The quantitative estimate of drug-likeness (QED) is 0.168. The molecule has 0 N–H and O–H groups in total. The van der Waals surface area contributed by atoms with Crippen LogP contribution in [0, 0.1) is 0 Å². The van der Waals surface area contributed by atoms with E-state index in [-0.39, 0.29) is 0 Å². The fourth-order valence-electron chi connectivity index (χ4n) is 9.53. The number of hydrogen-bond acceptors (Lipinski definition) is 4. The zero-order valence-corrected chi connectivity index (χ0v) is 33.9. The van der Waals surface area contributed by atoms with Gasteiger partial charge in [0.15, 0.2) is 17.5 Å². The largest absolute Gasteiger partial charge is 0.456 e. The Morgan fingerprint density at radius 1 is 0.317 bits per heavy atom. The summed E-state index contributed by atoms with van der Waals surface area (Å²) < 4.78 is 11.6. The predicted octanol–water partition coefficient (Wildman–Crippen LogP) is 14.6. The van der Waals surface area contributed by atoms with Gasteiger partial charge in [0.05, 0.1) is 33.1 Å². The number of para-hydroxylation sites is 3. The lowest BCUT2D eigenvalue weighted by atomic mass is 10.0. The van der Waals surface area contributed by atoms with Gasteiger partial charge in [-0.2, -0.15) is 0 Å². The molecule has 0 radical (unpaired) electrons. The van der Waals surface area contributed by atoms with E-state index < -0.39 is 0 Å². The van der Waals surface area contributed by atoms with Crippen LogP contribution in [0.4, 0.5) is 0 Å². The molecule has 6 heteroatoms. The SMILES string of the molecule is c1ccc(-c2ccc3c(c2)c2ccccc2n3-c2cccc3c4ccc5oc6ccc(-c7nc(-c8ccccc8)nc(-c8ccccc8)n7)cc6c5c4n(-c4ccccc4)c23)cc1. The van der Waals surface area contributed by atoms with Crippen molar-refractivity contribution >= 4 is 65.6 Å². The Labute approximate surface area is 361 Å². The summed E-state index contributed by atoms with van der Waals surface area (Å²) in [5, 5.41) is 6.74. The van der Waals surface area contributed by atoms with Crippen molar-refractivity contribution in [3.8, 4) is 56.7 Å². The summed E-state index contributed by atoms with van der Waals surface area (Å²) in [6.45, 7) is 0. The second kappa shape index (κ2) is 14.0. The van der Waals surface area contributed by atoms with Gasteiger partial charge in [0.2, 0.25) is 0 Å². The van der Waals surface area contributed by atoms with Crippen LogP contribution in [0.2, 0.25) is 0 Å². The van der Waals surface area contributed by atoms with Gasteiger partial charge in [0.1, 0.15) is 11.2 Å². The highest BCUT2D eigenvalue weighted by molar-refractivity contribution is 6.26. The molecule has 6 nitrogen and oxygen atoms in total. The molecule has 0 amide bonds. The van der Waals surface area contributed by atoms with E-state index in [9.17, 15) is 0 Å². The monoisotopic (exact) mass is 805 g/mol. The molecule has 0 unspecified atom stereocenters. The lowest BCUT2D eigenvalue weighted by Crippen LogP contribution is -2.00. The van der Waals surface area contributed by atoms with E-state index in [1.165, 1.54) is 21.9 Å². The van der Waals surface area contributed by atoms with Crippen LogP contribution in [0.1, 0.15) is 0 Å². The van der Waals surface area contributed by atoms with Gasteiger partial charge in [-0.15, -0.1) is 0 Å². The normalized spacial score (nSPS) is 11.8. The number of fused-ring (bicyclic) bond motifs is 10. The van der Waals surface area contributed by atoms with E-state index >= 15 is 0 Å². The molecule has 0 aliphatic rings. The van der Waals surface area contributed by atoms with E-state index in [0.29, 0.717) is 17.5 Å².